The van der Waals surface area contributed by atoms with Gasteiger partial charge in [-0.05, 0) is 49.2 Å². The SMILES string of the molecule is CCSC(=O)[C@@H](Cc1ccccc1)[C@H](O)CCC1CCCCS1. The Hall–Kier alpha value is -0.450. The van der Waals surface area contributed by atoms with Crippen molar-refractivity contribution in [3.05, 3.63) is 35.9 Å². The van der Waals surface area contributed by atoms with Crippen molar-refractivity contribution in [3.8, 4) is 0 Å². The first-order valence-corrected chi connectivity index (χ1v) is 10.7. The number of carbonyl (C=O) groups excluding carboxylic acids is 1. The van der Waals surface area contributed by atoms with Crippen molar-refractivity contribution in [2.75, 3.05) is 11.5 Å². The van der Waals surface area contributed by atoms with Crippen LogP contribution in [0.4, 0.5) is 0 Å². The second-order valence-electron chi connectivity index (χ2n) is 6.18. The Balaban J connectivity index is 1.92. The van der Waals surface area contributed by atoms with Gasteiger partial charge in [-0.2, -0.15) is 11.8 Å². The Morgan fingerprint density at radius 2 is 2.13 bits per heavy atom. The van der Waals surface area contributed by atoms with Gasteiger partial charge in [0.25, 0.3) is 0 Å². The second kappa shape index (κ2) is 10.4. The third-order valence-corrected chi connectivity index (χ3v) is 6.75. The van der Waals surface area contributed by atoms with Crippen LogP contribution >= 0.6 is 23.5 Å². The monoisotopic (exact) mass is 352 g/mol. The fourth-order valence-electron chi connectivity index (χ4n) is 3.09. The lowest BCUT2D eigenvalue weighted by atomic mass is 9.91. The molecule has 1 aliphatic rings. The van der Waals surface area contributed by atoms with Gasteiger partial charge in [-0.25, -0.2) is 0 Å². The maximum absolute atomic E-state index is 12.4. The number of thioether (sulfide) groups is 2. The Bertz CT molecular complexity index is 458. The van der Waals surface area contributed by atoms with Crippen molar-refractivity contribution in [2.45, 2.75) is 56.8 Å². The summed E-state index contributed by atoms with van der Waals surface area (Å²) in [4.78, 5) is 12.4. The van der Waals surface area contributed by atoms with Gasteiger partial charge in [-0.15, -0.1) is 0 Å². The molecule has 0 saturated carbocycles. The molecule has 0 aliphatic carbocycles. The molecular weight excluding hydrogens is 324 g/mol. The van der Waals surface area contributed by atoms with Crippen LogP contribution in [0.25, 0.3) is 0 Å². The lowest BCUT2D eigenvalue weighted by molar-refractivity contribution is -0.117. The van der Waals surface area contributed by atoms with Gasteiger partial charge >= 0.3 is 0 Å². The molecule has 0 spiro atoms. The summed E-state index contributed by atoms with van der Waals surface area (Å²) in [6.07, 6.45) is 5.79. The number of rotatable bonds is 8. The van der Waals surface area contributed by atoms with E-state index in [-0.39, 0.29) is 11.0 Å². The van der Waals surface area contributed by atoms with Gasteiger partial charge in [-0.1, -0.05) is 55.4 Å². The normalized spacial score (nSPS) is 20.9. The standard InChI is InChI=1S/C19H28O2S2/c1-2-22-19(21)17(14-15-8-4-3-5-9-15)18(20)12-11-16-10-6-7-13-23-16/h3-5,8-9,16-18,20H,2,6-7,10-14H2,1H3/t16?,17-,18+/m0/s1. The van der Waals surface area contributed by atoms with Crippen LogP contribution in [0, 0.1) is 5.92 Å². The van der Waals surface area contributed by atoms with E-state index in [4.69, 9.17) is 0 Å². The third-order valence-electron chi connectivity index (χ3n) is 4.41. The van der Waals surface area contributed by atoms with Gasteiger partial charge in [0.05, 0.1) is 12.0 Å². The second-order valence-corrected chi connectivity index (χ2v) is 8.86. The summed E-state index contributed by atoms with van der Waals surface area (Å²) in [7, 11) is 0. The molecule has 1 N–H and O–H groups in total. The summed E-state index contributed by atoms with van der Waals surface area (Å²) in [6, 6.07) is 10.1. The maximum Gasteiger partial charge on any atom is 0.194 e. The molecule has 1 aliphatic heterocycles. The van der Waals surface area contributed by atoms with Crippen LogP contribution in [-0.4, -0.2) is 33.1 Å². The van der Waals surface area contributed by atoms with Crippen LogP contribution in [-0.2, 0) is 11.2 Å². The van der Waals surface area contributed by atoms with Crippen LogP contribution in [0.1, 0.15) is 44.6 Å². The van der Waals surface area contributed by atoms with Crippen molar-refractivity contribution in [2.24, 2.45) is 5.92 Å². The Labute approximate surface area is 148 Å². The summed E-state index contributed by atoms with van der Waals surface area (Å²) >= 11 is 3.38. The molecule has 1 fully saturated rings. The number of benzene rings is 1. The minimum absolute atomic E-state index is 0.139. The number of carbonyl (C=O) groups is 1. The Morgan fingerprint density at radius 3 is 2.78 bits per heavy atom. The highest BCUT2D eigenvalue weighted by molar-refractivity contribution is 8.13. The summed E-state index contributed by atoms with van der Waals surface area (Å²) in [5.74, 6) is 1.74. The third kappa shape index (κ3) is 6.52. The maximum atomic E-state index is 12.4. The van der Waals surface area contributed by atoms with Crippen molar-refractivity contribution >= 4 is 28.6 Å². The van der Waals surface area contributed by atoms with Crippen LogP contribution in [0.2, 0.25) is 0 Å². The van der Waals surface area contributed by atoms with Crippen molar-refractivity contribution < 1.29 is 9.90 Å². The minimum atomic E-state index is -0.524. The molecular formula is C19H28O2S2. The smallest absolute Gasteiger partial charge is 0.194 e. The van der Waals surface area contributed by atoms with E-state index in [0.717, 1.165) is 24.2 Å². The van der Waals surface area contributed by atoms with Gasteiger partial charge in [0, 0.05) is 5.25 Å². The van der Waals surface area contributed by atoms with E-state index in [1.807, 2.05) is 49.0 Å². The summed E-state index contributed by atoms with van der Waals surface area (Å²) in [5, 5.41) is 11.5. The predicted octanol–water partition coefficient (Wildman–Crippen LogP) is 4.55. The number of aliphatic hydroxyl groups is 1. The average molecular weight is 353 g/mol. The molecule has 1 aromatic carbocycles. The first-order valence-electron chi connectivity index (χ1n) is 8.71. The number of aliphatic hydroxyl groups excluding tert-OH is 1. The van der Waals surface area contributed by atoms with E-state index in [0.29, 0.717) is 11.7 Å². The summed E-state index contributed by atoms with van der Waals surface area (Å²) in [5.41, 5.74) is 1.13. The molecule has 2 rings (SSSR count). The van der Waals surface area contributed by atoms with E-state index in [2.05, 4.69) is 0 Å². The zero-order chi connectivity index (χ0) is 16.5. The van der Waals surface area contributed by atoms with E-state index in [9.17, 15) is 9.90 Å². The first kappa shape index (κ1) is 18.9. The quantitative estimate of drug-likeness (QED) is 0.744. The average Bonchev–Trinajstić information content (AvgIpc) is 2.59. The van der Waals surface area contributed by atoms with E-state index in [1.54, 1.807) is 0 Å². The van der Waals surface area contributed by atoms with E-state index in [1.165, 1.54) is 36.8 Å². The molecule has 2 nitrogen and oxygen atoms in total. The molecule has 0 bridgehead atoms. The van der Waals surface area contributed by atoms with Crippen LogP contribution in [0.5, 0.6) is 0 Å². The number of hydrogen-bond acceptors (Lipinski definition) is 4. The zero-order valence-electron chi connectivity index (χ0n) is 13.9. The van der Waals surface area contributed by atoms with Gasteiger partial charge in [0.1, 0.15) is 0 Å². The first-order chi connectivity index (χ1) is 11.2. The zero-order valence-corrected chi connectivity index (χ0v) is 15.6. The number of hydrogen-bond donors (Lipinski definition) is 1. The fourth-order valence-corrected chi connectivity index (χ4v) is 5.17. The fraction of sp³-hybridized carbons (Fsp3) is 0.632. The molecule has 23 heavy (non-hydrogen) atoms. The van der Waals surface area contributed by atoms with E-state index < -0.39 is 6.10 Å². The predicted molar refractivity (Wildman–Crippen MR) is 102 cm³/mol. The van der Waals surface area contributed by atoms with Crippen LogP contribution < -0.4 is 0 Å². The molecule has 3 atom stereocenters. The molecule has 4 heteroatoms. The molecule has 1 aromatic rings. The molecule has 0 radical (unpaired) electrons. The highest BCUT2D eigenvalue weighted by atomic mass is 32.2. The summed E-state index contributed by atoms with van der Waals surface area (Å²) in [6.45, 7) is 1.99. The lowest BCUT2D eigenvalue weighted by Gasteiger charge is -2.25. The lowest BCUT2D eigenvalue weighted by Crippen LogP contribution is -2.30. The Morgan fingerprint density at radius 1 is 1.35 bits per heavy atom. The van der Waals surface area contributed by atoms with Crippen molar-refractivity contribution in [1.82, 2.24) is 0 Å². The van der Waals surface area contributed by atoms with E-state index >= 15 is 0 Å². The highest BCUT2D eigenvalue weighted by Gasteiger charge is 2.28. The van der Waals surface area contributed by atoms with Crippen LogP contribution in [0.15, 0.2) is 30.3 Å². The van der Waals surface area contributed by atoms with Crippen molar-refractivity contribution in [1.29, 1.82) is 0 Å². The van der Waals surface area contributed by atoms with Gasteiger partial charge in [0.15, 0.2) is 5.12 Å². The molecule has 1 heterocycles. The van der Waals surface area contributed by atoms with Gasteiger partial charge in [0.2, 0.25) is 0 Å². The minimum Gasteiger partial charge on any atom is -0.392 e. The Kier molecular flexibility index (Phi) is 8.56. The van der Waals surface area contributed by atoms with Crippen LogP contribution in [0.3, 0.4) is 0 Å². The summed E-state index contributed by atoms with van der Waals surface area (Å²) < 4.78 is 0. The molecule has 1 saturated heterocycles. The van der Waals surface area contributed by atoms with Crippen molar-refractivity contribution in [3.63, 3.8) is 0 Å². The molecule has 1 unspecified atom stereocenters. The largest absolute Gasteiger partial charge is 0.392 e. The molecule has 0 aromatic heterocycles. The van der Waals surface area contributed by atoms with Gasteiger partial charge < -0.3 is 5.11 Å². The topological polar surface area (TPSA) is 37.3 Å². The molecule has 128 valence electrons. The van der Waals surface area contributed by atoms with Gasteiger partial charge in [-0.3, -0.25) is 4.79 Å². The molecule has 0 amide bonds. The highest BCUT2D eigenvalue weighted by Crippen LogP contribution is 2.30.